The number of piperazine rings is 1. The lowest BCUT2D eigenvalue weighted by molar-refractivity contribution is 0.280. The molecule has 18 heavy (non-hydrogen) atoms. The Morgan fingerprint density at radius 1 is 1.17 bits per heavy atom. The van der Waals surface area contributed by atoms with E-state index < -0.39 is 0 Å². The van der Waals surface area contributed by atoms with E-state index in [-0.39, 0.29) is 6.61 Å². The first-order valence-electron chi connectivity index (χ1n) is 6.79. The van der Waals surface area contributed by atoms with Crippen LogP contribution in [0.4, 0.5) is 5.69 Å². The predicted octanol–water partition coefficient (Wildman–Crippen LogP) is 2.05. The molecule has 1 heterocycles. The van der Waals surface area contributed by atoms with Crippen LogP contribution >= 0.6 is 0 Å². The summed E-state index contributed by atoms with van der Waals surface area (Å²) in [6.07, 6.45) is 0. The molecule has 0 radical (unpaired) electrons. The van der Waals surface area contributed by atoms with Crippen LogP contribution < -0.4 is 4.90 Å². The van der Waals surface area contributed by atoms with Crippen LogP contribution in [0.3, 0.4) is 0 Å². The first kappa shape index (κ1) is 13.4. The molecule has 0 aliphatic carbocycles. The van der Waals surface area contributed by atoms with E-state index >= 15 is 0 Å². The third-order valence-electron chi connectivity index (χ3n) is 3.78. The summed E-state index contributed by atoms with van der Waals surface area (Å²) >= 11 is 0. The average Bonchev–Trinajstić information content (AvgIpc) is 2.39. The Hall–Kier alpha value is -1.06. The summed E-state index contributed by atoms with van der Waals surface area (Å²) < 4.78 is 0. The van der Waals surface area contributed by atoms with E-state index in [1.807, 2.05) is 0 Å². The number of hydrogen-bond acceptors (Lipinski definition) is 3. The van der Waals surface area contributed by atoms with Gasteiger partial charge in [0.05, 0.1) is 6.61 Å². The quantitative estimate of drug-likeness (QED) is 0.887. The Labute approximate surface area is 110 Å². The second kappa shape index (κ2) is 5.72. The van der Waals surface area contributed by atoms with Gasteiger partial charge in [-0.3, -0.25) is 0 Å². The van der Waals surface area contributed by atoms with Crippen molar-refractivity contribution in [3.8, 4) is 0 Å². The lowest BCUT2D eigenvalue weighted by Gasteiger charge is -2.35. The van der Waals surface area contributed by atoms with Crippen LogP contribution in [0.5, 0.6) is 0 Å². The van der Waals surface area contributed by atoms with Gasteiger partial charge in [0.2, 0.25) is 0 Å². The Morgan fingerprint density at radius 2 is 1.83 bits per heavy atom. The molecule has 1 fully saturated rings. The smallest absolute Gasteiger partial charge is 0.0702 e. The van der Waals surface area contributed by atoms with E-state index in [0.717, 1.165) is 31.7 Å². The minimum absolute atomic E-state index is 0.127. The maximum absolute atomic E-state index is 9.57. The van der Waals surface area contributed by atoms with Gasteiger partial charge in [0.1, 0.15) is 0 Å². The van der Waals surface area contributed by atoms with Crippen molar-refractivity contribution in [3.05, 3.63) is 29.3 Å². The SMILES string of the molecule is CC(C)c1ccc(N2CCN(C)CC2)c(CO)c1. The third kappa shape index (κ3) is 2.85. The molecule has 1 N–H and O–H groups in total. The zero-order chi connectivity index (χ0) is 13.1. The minimum atomic E-state index is 0.127. The standard InChI is InChI=1S/C15H24N2O/c1-12(2)13-4-5-15(14(10-13)11-18)17-8-6-16(3)7-9-17/h4-5,10,12,18H,6-9,11H2,1-3H3. The first-order valence-corrected chi connectivity index (χ1v) is 6.79. The molecular weight excluding hydrogens is 224 g/mol. The fourth-order valence-corrected chi connectivity index (χ4v) is 2.45. The van der Waals surface area contributed by atoms with Crippen LogP contribution in [0, 0.1) is 0 Å². The molecule has 1 aliphatic rings. The topological polar surface area (TPSA) is 26.7 Å². The summed E-state index contributed by atoms with van der Waals surface area (Å²) in [5.41, 5.74) is 3.57. The Kier molecular flexibility index (Phi) is 4.25. The van der Waals surface area contributed by atoms with Gasteiger partial charge in [-0.1, -0.05) is 26.0 Å². The Balaban J connectivity index is 2.22. The average molecular weight is 248 g/mol. The van der Waals surface area contributed by atoms with E-state index in [4.69, 9.17) is 0 Å². The molecule has 1 aromatic rings. The maximum Gasteiger partial charge on any atom is 0.0702 e. The van der Waals surface area contributed by atoms with E-state index in [2.05, 4.69) is 48.9 Å². The first-order chi connectivity index (χ1) is 8.61. The van der Waals surface area contributed by atoms with Crippen molar-refractivity contribution in [2.45, 2.75) is 26.4 Å². The monoisotopic (exact) mass is 248 g/mol. The van der Waals surface area contributed by atoms with Crippen molar-refractivity contribution in [3.63, 3.8) is 0 Å². The van der Waals surface area contributed by atoms with Gasteiger partial charge >= 0.3 is 0 Å². The highest BCUT2D eigenvalue weighted by Gasteiger charge is 2.17. The number of anilines is 1. The molecule has 1 aliphatic heterocycles. The zero-order valence-electron chi connectivity index (χ0n) is 11.7. The van der Waals surface area contributed by atoms with Gasteiger partial charge in [-0.2, -0.15) is 0 Å². The number of hydrogen-bond donors (Lipinski definition) is 1. The lowest BCUT2D eigenvalue weighted by Crippen LogP contribution is -2.44. The molecular formula is C15H24N2O. The molecule has 0 saturated carbocycles. The van der Waals surface area contributed by atoms with Crippen molar-refractivity contribution in [2.75, 3.05) is 38.1 Å². The van der Waals surface area contributed by atoms with Crippen LogP contribution in [0.1, 0.15) is 30.9 Å². The maximum atomic E-state index is 9.57. The van der Waals surface area contributed by atoms with Crippen LogP contribution in [0.15, 0.2) is 18.2 Å². The molecule has 1 aromatic carbocycles. The van der Waals surface area contributed by atoms with E-state index in [9.17, 15) is 5.11 Å². The molecule has 1 saturated heterocycles. The van der Waals surface area contributed by atoms with Crippen molar-refractivity contribution >= 4 is 5.69 Å². The molecule has 0 bridgehead atoms. The van der Waals surface area contributed by atoms with Crippen LogP contribution in [0.2, 0.25) is 0 Å². The van der Waals surface area contributed by atoms with Gasteiger partial charge in [0.25, 0.3) is 0 Å². The Bertz CT molecular complexity index is 395. The molecule has 3 heteroatoms. The number of rotatable bonds is 3. The summed E-state index contributed by atoms with van der Waals surface area (Å²) in [6.45, 7) is 8.78. The summed E-state index contributed by atoms with van der Waals surface area (Å²) in [6, 6.07) is 6.52. The minimum Gasteiger partial charge on any atom is -0.392 e. The second-order valence-electron chi connectivity index (χ2n) is 5.49. The molecule has 0 amide bonds. The van der Waals surface area contributed by atoms with Crippen LogP contribution in [-0.2, 0) is 6.61 Å². The van der Waals surface area contributed by atoms with Gasteiger partial charge in [0.15, 0.2) is 0 Å². The predicted molar refractivity (Wildman–Crippen MR) is 76.2 cm³/mol. The van der Waals surface area contributed by atoms with Crippen molar-refractivity contribution < 1.29 is 5.11 Å². The number of aliphatic hydroxyl groups is 1. The van der Waals surface area contributed by atoms with Crippen LogP contribution in [-0.4, -0.2) is 43.2 Å². The fourth-order valence-electron chi connectivity index (χ4n) is 2.45. The highest BCUT2D eigenvalue weighted by atomic mass is 16.3. The van der Waals surface area contributed by atoms with E-state index in [0.29, 0.717) is 5.92 Å². The van der Waals surface area contributed by atoms with Gasteiger partial charge in [0, 0.05) is 37.4 Å². The zero-order valence-corrected chi connectivity index (χ0v) is 11.7. The fraction of sp³-hybridized carbons (Fsp3) is 0.600. The van der Waals surface area contributed by atoms with Crippen molar-refractivity contribution in [2.24, 2.45) is 0 Å². The number of benzene rings is 1. The second-order valence-corrected chi connectivity index (χ2v) is 5.49. The summed E-state index contributed by atoms with van der Waals surface area (Å²) in [4.78, 5) is 4.73. The van der Waals surface area contributed by atoms with Gasteiger partial charge < -0.3 is 14.9 Å². The van der Waals surface area contributed by atoms with Gasteiger partial charge in [-0.05, 0) is 24.6 Å². The van der Waals surface area contributed by atoms with Gasteiger partial charge in [-0.25, -0.2) is 0 Å². The Morgan fingerprint density at radius 3 is 2.39 bits per heavy atom. The number of likely N-dealkylation sites (N-methyl/N-ethyl adjacent to an activating group) is 1. The molecule has 2 rings (SSSR count). The summed E-state index contributed by atoms with van der Waals surface area (Å²) in [5, 5.41) is 9.57. The highest BCUT2D eigenvalue weighted by molar-refractivity contribution is 5.55. The normalized spacial score (nSPS) is 17.5. The van der Waals surface area contributed by atoms with Gasteiger partial charge in [-0.15, -0.1) is 0 Å². The number of aliphatic hydroxyl groups excluding tert-OH is 1. The highest BCUT2D eigenvalue weighted by Crippen LogP contribution is 2.26. The molecule has 3 nitrogen and oxygen atoms in total. The lowest BCUT2D eigenvalue weighted by atomic mass is 9.99. The third-order valence-corrected chi connectivity index (χ3v) is 3.78. The molecule has 100 valence electrons. The molecule has 0 atom stereocenters. The largest absolute Gasteiger partial charge is 0.392 e. The summed E-state index contributed by atoms with van der Waals surface area (Å²) in [5.74, 6) is 0.511. The molecule has 0 spiro atoms. The molecule has 0 aromatic heterocycles. The van der Waals surface area contributed by atoms with Crippen molar-refractivity contribution in [1.29, 1.82) is 0 Å². The van der Waals surface area contributed by atoms with Crippen molar-refractivity contribution in [1.82, 2.24) is 4.90 Å². The van der Waals surface area contributed by atoms with E-state index in [1.54, 1.807) is 0 Å². The van der Waals surface area contributed by atoms with E-state index in [1.165, 1.54) is 11.3 Å². The van der Waals surface area contributed by atoms with Crippen LogP contribution in [0.25, 0.3) is 0 Å². The number of nitrogens with zero attached hydrogens (tertiary/aromatic N) is 2. The summed E-state index contributed by atoms with van der Waals surface area (Å²) in [7, 11) is 2.16. The molecule has 0 unspecified atom stereocenters.